The number of rotatable bonds is 1. The normalized spacial score (nSPS) is 10.1. The maximum atomic E-state index is 4.39. The smallest absolute Gasteiger partial charge is 0.0353 e. The van der Waals surface area contributed by atoms with E-state index in [0.717, 1.165) is 4.90 Å². The average Bonchev–Trinajstić information content (AvgIpc) is 2.57. The lowest BCUT2D eigenvalue weighted by molar-refractivity contribution is 1.48. The quantitative estimate of drug-likeness (QED) is 0.654. The summed E-state index contributed by atoms with van der Waals surface area (Å²) in [5.41, 5.74) is 1.22. The van der Waals surface area contributed by atoms with Crippen LogP contribution in [0.25, 0.3) is 10.4 Å². The molecule has 0 saturated carbocycles. The van der Waals surface area contributed by atoms with Gasteiger partial charge in [0.15, 0.2) is 0 Å². The van der Waals surface area contributed by atoms with Crippen LogP contribution < -0.4 is 0 Å². The molecule has 1 aromatic heterocycles. The van der Waals surface area contributed by atoms with Crippen molar-refractivity contribution in [2.75, 3.05) is 0 Å². The lowest BCUT2D eigenvalue weighted by Crippen LogP contribution is -1.73. The molecule has 0 amide bonds. The molecule has 1 aromatic carbocycles. The Hall–Kier alpha value is -0.730. The molecule has 1 heterocycles. The van der Waals surface area contributed by atoms with Gasteiger partial charge in [0.05, 0.1) is 0 Å². The third-order valence-electron chi connectivity index (χ3n) is 1.69. The van der Waals surface area contributed by atoms with Crippen molar-refractivity contribution in [3.05, 3.63) is 41.8 Å². The first-order valence-electron chi connectivity index (χ1n) is 3.70. The monoisotopic (exact) mass is 192 g/mol. The molecule has 0 aliphatic rings. The van der Waals surface area contributed by atoms with E-state index in [4.69, 9.17) is 0 Å². The standard InChI is InChI=1S/C10H8S2/c11-9-5-2-1-4-8(9)10-6-3-7-12-10/h1-7,11H. The molecule has 0 fully saturated rings. The predicted octanol–water partition coefficient (Wildman–Crippen LogP) is 3.70. The molecule has 2 rings (SSSR count). The first kappa shape index (κ1) is 7.90. The zero-order valence-electron chi connectivity index (χ0n) is 6.40. The van der Waals surface area contributed by atoms with Crippen LogP contribution in [-0.4, -0.2) is 0 Å². The molecule has 2 heteroatoms. The average molecular weight is 192 g/mol. The van der Waals surface area contributed by atoms with E-state index in [1.54, 1.807) is 11.3 Å². The van der Waals surface area contributed by atoms with Crippen LogP contribution in [0.5, 0.6) is 0 Å². The minimum absolute atomic E-state index is 1.04. The summed E-state index contributed by atoms with van der Waals surface area (Å²) in [4.78, 5) is 2.32. The van der Waals surface area contributed by atoms with Crippen molar-refractivity contribution in [3.8, 4) is 10.4 Å². The Labute approximate surface area is 81.3 Å². The van der Waals surface area contributed by atoms with Gasteiger partial charge in [-0.1, -0.05) is 24.3 Å². The van der Waals surface area contributed by atoms with Gasteiger partial charge in [-0.25, -0.2) is 0 Å². The maximum Gasteiger partial charge on any atom is 0.0353 e. The van der Waals surface area contributed by atoms with E-state index < -0.39 is 0 Å². The van der Waals surface area contributed by atoms with Crippen LogP contribution in [-0.2, 0) is 0 Å². The first-order valence-corrected chi connectivity index (χ1v) is 5.02. The lowest BCUT2D eigenvalue weighted by atomic mass is 10.2. The third kappa shape index (κ3) is 1.40. The molecule has 0 aliphatic carbocycles. The zero-order valence-corrected chi connectivity index (χ0v) is 8.11. The van der Waals surface area contributed by atoms with Crippen molar-refractivity contribution in [2.45, 2.75) is 4.90 Å². The van der Waals surface area contributed by atoms with Gasteiger partial charge in [0.2, 0.25) is 0 Å². The third-order valence-corrected chi connectivity index (χ3v) is 2.98. The molecule has 0 saturated heterocycles. The van der Waals surface area contributed by atoms with Crippen molar-refractivity contribution < 1.29 is 0 Å². The predicted molar refractivity (Wildman–Crippen MR) is 57.0 cm³/mol. The Kier molecular flexibility index (Phi) is 2.19. The Morgan fingerprint density at radius 1 is 1.00 bits per heavy atom. The summed E-state index contributed by atoms with van der Waals surface area (Å²) in [5, 5.41) is 2.08. The lowest BCUT2D eigenvalue weighted by Gasteiger charge is -1.99. The fourth-order valence-corrected chi connectivity index (χ4v) is 2.24. The van der Waals surface area contributed by atoms with Crippen molar-refractivity contribution in [1.29, 1.82) is 0 Å². The number of thiophene rings is 1. The summed E-state index contributed by atoms with van der Waals surface area (Å²) < 4.78 is 0. The summed E-state index contributed by atoms with van der Waals surface area (Å²) in [6, 6.07) is 12.3. The molecule has 0 aliphatic heterocycles. The topological polar surface area (TPSA) is 0 Å². The Morgan fingerprint density at radius 2 is 1.83 bits per heavy atom. The van der Waals surface area contributed by atoms with E-state index in [-0.39, 0.29) is 0 Å². The van der Waals surface area contributed by atoms with Gasteiger partial charge in [0.1, 0.15) is 0 Å². The second-order valence-corrected chi connectivity index (χ2v) is 3.92. The Balaban J connectivity index is 2.55. The fraction of sp³-hybridized carbons (Fsp3) is 0. The van der Waals surface area contributed by atoms with Gasteiger partial charge in [-0.3, -0.25) is 0 Å². The van der Waals surface area contributed by atoms with Crippen LogP contribution >= 0.6 is 24.0 Å². The van der Waals surface area contributed by atoms with Crippen LogP contribution in [0.4, 0.5) is 0 Å². The maximum absolute atomic E-state index is 4.39. The molecule has 0 atom stereocenters. The number of benzene rings is 1. The number of hydrogen-bond donors (Lipinski definition) is 1. The van der Waals surface area contributed by atoms with E-state index in [1.165, 1.54) is 10.4 Å². The van der Waals surface area contributed by atoms with E-state index >= 15 is 0 Å². The SMILES string of the molecule is Sc1ccccc1-c1cccs1. The molecule has 0 nitrogen and oxygen atoms in total. The molecular formula is C10H8S2. The minimum atomic E-state index is 1.04. The van der Waals surface area contributed by atoms with Gasteiger partial charge < -0.3 is 0 Å². The fourth-order valence-electron chi connectivity index (χ4n) is 1.11. The number of hydrogen-bond acceptors (Lipinski definition) is 2. The molecule has 0 unspecified atom stereocenters. The van der Waals surface area contributed by atoms with E-state index in [2.05, 4.69) is 36.2 Å². The summed E-state index contributed by atoms with van der Waals surface area (Å²) in [5.74, 6) is 0. The van der Waals surface area contributed by atoms with E-state index in [9.17, 15) is 0 Å². The Morgan fingerprint density at radius 3 is 2.50 bits per heavy atom. The summed E-state index contributed by atoms with van der Waals surface area (Å²) in [7, 11) is 0. The first-order chi connectivity index (χ1) is 5.88. The zero-order chi connectivity index (χ0) is 8.39. The Bertz CT molecular complexity index is 363. The molecule has 2 aromatic rings. The molecule has 0 spiro atoms. The minimum Gasteiger partial charge on any atom is -0.144 e. The van der Waals surface area contributed by atoms with Gasteiger partial charge in [-0.15, -0.1) is 24.0 Å². The second-order valence-electron chi connectivity index (χ2n) is 2.49. The van der Waals surface area contributed by atoms with E-state index in [1.807, 2.05) is 18.2 Å². The van der Waals surface area contributed by atoms with Crippen molar-refractivity contribution in [2.24, 2.45) is 0 Å². The van der Waals surface area contributed by atoms with Gasteiger partial charge in [0, 0.05) is 15.3 Å². The van der Waals surface area contributed by atoms with Crippen molar-refractivity contribution in [1.82, 2.24) is 0 Å². The highest BCUT2D eigenvalue weighted by Crippen LogP contribution is 2.29. The molecule has 0 radical (unpaired) electrons. The van der Waals surface area contributed by atoms with Crippen LogP contribution in [0.15, 0.2) is 46.7 Å². The molecule has 0 N–H and O–H groups in total. The highest BCUT2D eigenvalue weighted by molar-refractivity contribution is 7.80. The molecular weight excluding hydrogens is 184 g/mol. The summed E-state index contributed by atoms with van der Waals surface area (Å²) in [6.07, 6.45) is 0. The summed E-state index contributed by atoms with van der Waals surface area (Å²) in [6.45, 7) is 0. The summed E-state index contributed by atoms with van der Waals surface area (Å²) >= 11 is 6.13. The van der Waals surface area contributed by atoms with Crippen LogP contribution in [0, 0.1) is 0 Å². The molecule has 12 heavy (non-hydrogen) atoms. The highest BCUT2D eigenvalue weighted by Gasteiger charge is 2.00. The molecule has 60 valence electrons. The number of thiol groups is 1. The van der Waals surface area contributed by atoms with Gasteiger partial charge in [-0.2, -0.15) is 0 Å². The largest absolute Gasteiger partial charge is 0.144 e. The van der Waals surface area contributed by atoms with Crippen LogP contribution in [0.2, 0.25) is 0 Å². The van der Waals surface area contributed by atoms with Crippen molar-refractivity contribution in [3.63, 3.8) is 0 Å². The second kappa shape index (κ2) is 3.33. The van der Waals surface area contributed by atoms with Gasteiger partial charge >= 0.3 is 0 Å². The van der Waals surface area contributed by atoms with Crippen LogP contribution in [0.3, 0.4) is 0 Å². The van der Waals surface area contributed by atoms with Crippen LogP contribution in [0.1, 0.15) is 0 Å². The van der Waals surface area contributed by atoms with Gasteiger partial charge in [-0.05, 0) is 17.5 Å². The van der Waals surface area contributed by atoms with E-state index in [0.29, 0.717) is 0 Å². The molecule has 0 bridgehead atoms. The van der Waals surface area contributed by atoms with Gasteiger partial charge in [0.25, 0.3) is 0 Å². The highest BCUT2D eigenvalue weighted by atomic mass is 32.1. The van der Waals surface area contributed by atoms with Crippen molar-refractivity contribution >= 4 is 24.0 Å².